The van der Waals surface area contributed by atoms with Crippen LogP contribution >= 0.6 is 35.3 Å². The monoisotopic (exact) mass is 598 g/mol. The highest BCUT2D eigenvalue weighted by molar-refractivity contribution is 14.0. The number of aliphatic imine (C=N–C) groups is 1. The van der Waals surface area contributed by atoms with Gasteiger partial charge in [-0.15, -0.1) is 35.3 Å². The number of benzene rings is 1. The van der Waals surface area contributed by atoms with Gasteiger partial charge in [-0.2, -0.15) is 0 Å². The summed E-state index contributed by atoms with van der Waals surface area (Å²) < 4.78 is 2.42. The van der Waals surface area contributed by atoms with Crippen molar-refractivity contribution in [3.8, 4) is 0 Å². The number of aromatic nitrogens is 2. The maximum Gasteiger partial charge on any atom is 0.126 e. The van der Waals surface area contributed by atoms with Crippen LogP contribution in [0.3, 0.4) is 0 Å². The van der Waals surface area contributed by atoms with Gasteiger partial charge in [0.05, 0.1) is 18.6 Å². The van der Waals surface area contributed by atoms with Crippen molar-refractivity contribution in [2.45, 2.75) is 59.5 Å². The van der Waals surface area contributed by atoms with Gasteiger partial charge in [-0.1, -0.05) is 56.2 Å². The molecule has 0 atom stereocenters. The molecule has 0 spiro atoms. The fraction of sp³-hybridized carbons (Fsp3) is 0.310. The largest absolute Gasteiger partial charge is 0.383 e. The Hall–Kier alpha value is -2.45. The highest BCUT2D eigenvalue weighted by atomic mass is 127. The standard InChI is InChI=1S/C29H34N4S.HI/c1-4-6-8-13-23(5-2)28-21(3)33(27-14-15-31-18-26(27)28)19-25-16-24(20-34-25)29(30)32-17-22-11-9-7-10-12-22;/h5,7,9-12,14-16,18,20H,4,6,8,13,17,19H2,1-3H3,(H2,30,32);1H. The lowest BCUT2D eigenvalue weighted by Crippen LogP contribution is -2.12. The number of allylic oxidation sites excluding steroid dienone is 2. The number of rotatable bonds is 10. The Labute approximate surface area is 230 Å². The van der Waals surface area contributed by atoms with Crippen LogP contribution in [0.2, 0.25) is 0 Å². The Balaban J connectivity index is 0.00000342. The minimum Gasteiger partial charge on any atom is -0.383 e. The average molecular weight is 599 g/mol. The van der Waals surface area contributed by atoms with Crippen molar-refractivity contribution < 1.29 is 0 Å². The molecule has 0 saturated carbocycles. The van der Waals surface area contributed by atoms with Gasteiger partial charge in [0.25, 0.3) is 0 Å². The summed E-state index contributed by atoms with van der Waals surface area (Å²) in [5, 5.41) is 3.36. The third-order valence-electron chi connectivity index (χ3n) is 6.38. The summed E-state index contributed by atoms with van der Waals surface area (Å²) in [6.45, 7) is 8.06. The molecule has 184 valence electrons. The summed E-state index contributed by atoms with van der Waals surface area (Å²) in [6.07, 6.45) is 11.0. The lowest BCUT2D eigenvalue weighted by Gasteiger charge is -2.10. The first-order valence-electron chi connectivity index (χ1n) is 12.1. The minimum absolute atomic E-state index is 0. The number of unbranched alkanes of at least 4 members (excludes halogenated alkanes) is 2. The van der Waals surface area contributed by atoms with E-state index in [0.29, 0.717) is 12.4 Å². The molecular formula is C29H35IN4S. The van der Waals surface area contributed by atoms with E-state index < -0.39 is 0 Å². The second-order valence-corrected chi connectivity index (χ2v) is 9.69. The van der Waals surface area contributed by atoms with Crippen molar-refractivity contribution in [3.05, 3.63) is 93.6 Å². The molecule has 2 N–H and O–H groups in total. The van der Waals surface area contributed by atoms with Crippen molar-refractivity contribution >= 4 is 57.6 Å². The van der Waals surface area contributed by atoms with Crippen molar-refractivity contribution in [2.24, 2.45) is 10.7 Å². The fourth-order valence-corrected chi connectivity index (χ4v) is 5.38. The number of nitrogens with zero attached hydrogens (tertiary/aromatic N) is 3. The molecule has 0 amide bonds. The average Bonchev–Trinajstić information content (AvgIpc) is 3.45. The Morgan fingerprint density at radius 1 is 1.17 bits per heavy atom. The number of nitrogens with two attached hydrogens (primary N) is 1. The van der Waals surface area contributed by atoms with Gasteiger partial charge in [0.15, 0.2) is 0 Å². The second-order valence-electron chi connectivity index (χ2n) is 8.70. The predicted octanol–water partition coefficient (Wildman–Crippen LogP) is 7.96. The molecule has 4 aromatic rings. The molecule has 3 aromatic heterocycles. The molecule has 4 nitrogen and oxygen atoms in total. The molecule has 0 saturated heterocycles. The van der Waals surface area contributed by atoms with E-state index >= 15 is 0 Å². The van der Waals surface area contributed by atoms with Crippen molar-refractivity contribution in [2.75, 3.05) is 0 Å². The van der Waals surface area contributed by atoms with Crippen LogP contribution < -0.4 is 5.73 Å². The molecule has 1 aromatic carbocycles. The van der Waals surface area contributed by atoms with Crippen LogP contribution in [-0.2, 0) is 13.1 Å². The first-order valence-corrected chi connectivity index (χ1v) is 13.0. The van der Waals surface area contributed by atoms with Crippen molar-refractivity contribution in [3.63, 3.8) is 0 Å². The van der Waals surface area contributed by atoms with E-state index in [0.717, 1.165) is 24.1 Å². The summed E-state index contributed by atoms with van der Waals surface area (Å²) in [5.74, 6) is 0.595. The zero-order valence-corrected chi connectivity index (χ0v) is 24.0. The van der Waals surface area contributed by atoms with Crippen LogP contribution in [0, 0.1) is 6.92 Å². The van der Waals surface area contributed by atoms with Gasteiger partial charge in [0.2, 0.25) is 0 Å². The zero-order valence-electron chi connectivity index (χ0n) is 20.8. The predicted molar refractivity (Wildman–Crippen MR) is 162 cm³/mol. The topological polar surface area (TPSA) is 56.2 Å². The summed E-state index contributed by atoms with van der Waals surface area (Å²) >= 11 is 1.74. The maximum absolute atomic E-state index is 6.32. The Morgan fingerprint density at radius 2 is 1.97 bits per heavy atom. The number of amidine groups is 1. The number of pyridine rings is 1. The van der Waals surface area contributed by atoms with Crippen LogP contribution in [0.1, 0.15) is 66.8 Å². The maximum atomic E-state index is 6.32. The smallest absolute Gasteiger partial charge is 0.126 e. The number of hydrogen-bond acceptors (Lipinski definition) is 3. The number of thiophene rings is 1. The van der Waals surface area contributed by atoms with Gasteiger partial charge < -0.3 is 10.3 Å². The van der Waals surface area contributed by atoms with E-state index in [1.54, 1.807) is 11.3 Å². The molecule has 0 bridgehead atoms. The van der Waals surface area contributed by atoms with Crippen molar-refractivity contribution in [1.29, 1.82) is 0 Å². The van der Waals surface area contributed by atoms with Crippen LogP contribution in [0.4, 0.5) is 0 Å². The van der Waals surface area contributed by atoms with E-state index in [-0.39, 0.29) is 24.0 Å². The first kappa shape index (κ1) is 27.1. The van der Waals surface area contributed by atoms with Crippen LogP contribution in [0.25, 0.3) is 16.5 Å². The highest BCUT2D eigenvalue weighted by Gasteiger charge is 2.18. The molecule has 4 rings (SSSR count). The number of halogens is 1. The van der Waals surface area contributed by atoms with Gasteiger partial charge in [0.1, 0.15) is 5.84 Å². The third-order valence-corrected chi connectivity index (χ3v) is 7.30. The number of hydrogen-bond donors (Lipinski definition) is 1. The van der Waals surface area contributed by atoms with E-state index in [4.69, 9.17) is 5.73 Å². The molecule has 6 heteroatoms. The zero-order chi connectivity index (χ0) is 23.9. The second kappa shape index (κ2) is 13.0. The molecular weight excluding hydrogens is 563 g/mol. The van der Waals surface area contributed by atoms with E-state index in [2.05, 4.69) is 71.0 Å². The summed E-state index contributed by atoms with van der Waals surface area (Å²) in [7, 11) is 0. The van der Waals surface area contributed by atoms with Gasteiger partial charge in [-0.05, 0) is 50.0 Å². The summed E-state index contributed by atoms with van der Waals surface area (Å²) in [6, 6.07) is 14.5. The minimum atomic E-state index is 0. The molecule has 0 unspecified atom stereocenters. The van der Waals surface area contributed by atoms with Gasteiger partial charge in [-0.25, -0.2) is 0 Å². The summed E-state index contributed by atoms with van der Waals surface area (Å²) in [4.78, 5) is 10.3. The molecule has 0 aliphatic rings. The van der Waals surface area contributed by atoms with E-state index in [1.165, 1.54) is 51.9 Å². The summed E-state index contributed by atoms with van der Waals surface area (Å²) in [5.41, 5.74) is 13.8. The highest BCUT2D eigenvalue weighted by Crippen LogP contribution is 2.34. The first-order chi connectivity index (χ1) is 16.6. The van der Waals surface area contributed by atoms with Gasteiger partial charge >= 0.3 is 0 Å². The number of fused-ring (bicyclic) bond motifs is 1. The van der Waals surface area contributed by atoms with Crippen LogP contribution in [0.15, 0.2) is 71.3 Å². The van der Waals surface area contributed by atoms with E-state index in [1.807, 2.05) is 30.6 Å². The quantitative estimate of drug-likeness (QED) is 0.0872. The molecule has 0 aliphatic carbocycles. The van der Waals surface area contributed by atoms with Crippen LogP contribution in [0.5, 0.6) is 0 Å². The van der Waals surface area contributed by atoms with Crippen LogP contribution in [-0.4, -0.2) is 15.4 Å². The molecule has 0 radical (unpaired) electrons. The normalized spacial score (nSPS) is 12.2. The molecule has 0 aliphatic heterocycles. The van der Waals surface area contributed by atoms with Gasteiger partial charge in [-0.3, -0.25) is 9.98 Å². The van der Waals surface area contributed by atoms with E-state index in [9.17, 15) is 0 Å². The SMILES string of the molecule is CC=C(CCCCC)c1c(C)n(Cc2cc(C(N)=NCc3ccccc3)cs2)c2ccncc12.I. The Bertz CT molecular complexity index is 1300. The third kappa shape index (κ3) is 6.41. The lowest BCUT2D eigenvalue weighted by molar-refractivity contribution is 0.734. The fourth-order valence-electron chi connectivity index (χ4n) is 4.52. The van der Waals surface area contributed by atoms with Crippen molar-refractivity contribution in [1.82, 2.24) is 9.55 Å². The Kier molecular flexibility index (Phi) is 10.1. The Morgan fingerprint density at radius 3 is 2.71 bits per heavy atom. The molecule has 35 heavy (non-hydrogen) atoms. The van der Waals surface area contributed by atoms with Gasteiger partial charge in [0, 0.05) is 44.9 Å². The molecule has 0 fully saturated rings. The molecule has 3 heterocycles. The lowest BCUT2D eigenvalue weighted by atomic mass is 9.97.